The monoisotopic (exact) mass is 328 g/mol. The zero-order valence-corrected chi connectivity index (χ0v) is 14.8. The molecule has 5 heteroatoms. The molecule has 2 rings (SSSR count). The highest BCUT2D eigenvalue weighted by molar-refractivity contribution is 5.96. The van der Waals surface area contributed by atoms with Crippen molar-refractivity contribution in [1.29, 1.82) is 0 Å². The lowest BCUT2D eigenvalue weighted by molar-refractivity contribution is 0.0782. The van der Waals surface area contributed by atoms with Gasteiger partial charge in [-0.05, 0) is 49.2 Å². The van der Waals surface area contributed by atoms with Crippen molar-refractivity contribution in [2.45, 2.75) is 20.4 Å². The largest absolute Gasteiger partial charge is 0.496 e. The van der Waals surface area contributed by atoms with Crippen molar-refractivity contribution in [3.63, 3.8) is 0 Å². The maximum atomic E-state index is 12.8. The van der Waals surface area contributed by atoms with Crippen LogP contribution in [0, 0.1) is 13.8 Å². The van der Waals surface area contributed by atoms with E-state index in [4.69, 9.17) is 15.2 Å². The van der Waals surface area contributed by atoms with E-state index < -0.39 is 0 Å². The average Bonchev–Trinajstić information content (AvgIpc) is 2.57. The molecule has 2 aromatic carbocycles. The standard InChI is InChI=1S/C19H24N2O3/c1-12-10-16(20)13(2)9-14(12)19(22)21(3)11-15-17(23-4)7-6-8-18(15)24-5/h6-10H,11,20H2,1-5H3. The molecule has 0 fully saturated rings. The normalized spacial score (nSPS) is 10.4. The second-order valence-corrected chi connectivity index (χ2v) is 5.83. The Balaban J connectivity index is 2.32. The topological polar surface area (TPSA) is 64.8 Å². The number of anilines is 1. The summed E-state index contributed by atoms with van der Waals surface area (Å²) < 4.78 is 10.8. The molecule has 0 atom stereocenters. The van der Waals surface area contributed by atoms with Gasteiger partial charge in [0.25, 0.3) is 5.91 Å². The number of hydrogen-bond acceptors (Lipinski definition) is 4. The fourth-order valence-corrected chi connectivity index (χ4v) is 2.67. The molecule has 0 spiro atoms. The van der Waals surface area contributed by atoms with Crippen molar-refractivity contribution in [2.24, 2.45) is 0 Å². The molecule has 0 aliphatic rings. The number of aryl methyl sites for hydroxylation is 2. The number of carbonyl (C=O) groups is 1. The van der Waals surface area contributed by atoms with Crippen molar-refractivity contribution >= 4 is 11.6 Å². The highest BCUT2D eigenvalue weighted by Crippen LogP contribution is 2.30. The molecular formula is C19H24N2O3. The Hall–Kier alpha value is -2.69. The zero-order chi connectivity index (χ0) is 17.9. The summed E-state index contributed by atoms with van der Waals surface area (Å²) in [6.45, 7) is 4.17. The third-order valence-electron chi connectivity index (χ3n) is 4.12. The summed E-state index contributed by atoms with van der Waals surface area (Å²) in [4.78, 5) is 14.5. The van der Waals surface area contributed by atoms with Crippen LogP contribution in [0.25, 0.3) is 0 Å². The van der Waals surface area contributed by atoms with Gasteiger partial charge in [0, 0.05) is 18.3 Å². The van der Waals surface area contributed by atoms with E-state index in [1.54, 1.807) is 26.2 Å². The highest BCUT2D eigenvalue weighted by Gasteiger charge is 2.19. The number of nitrogens with two attached hydrogens (primary N) is 1. The predicted molar refractivity (Wildman–Crippen MR) is 95.7 cm³/mol. The summed E-state index contributed by atoms with van der Waals surface area (Å²) in [5.74, 6) is 1.32. The molecule has 5 nitrogen and oxygen atoms in total. The fraction of sp³-hybridized carbons (Fsp3) is 0.316. The summed E-state index contributed by atoms with van der Waals surface area (Å²) >= 11 is 0. The lowest BCUT2D eigenvalue weighted by atomic mass is 10.0. The van der Waals surface area contributed by atoms with Crippen LogP contribution in [-0.4, -0.2) is 32.1 Å². The maximum Gasteiger partial charge on any atom is 0.254 e. The number of nitrogens with zero attached hydrogens (tertiary/aromatic N) is 1. The Bertz CT molecular complexity index is 734. The third kappa shape index (κ3) is 3.45. The summed E-state index contributed by atoms with van der Waals surface area (Å²) in [6.07, 6.45) is 0. The molecule has 1 amide bonds. The number of carbonyl (C=O) groups excluding carboxylic acids is 1. The van der Waals surface area contributed by atoms with Crippen LogP contribution in [0.5, 0.6) is 11.5 Å². The molecule has 0 aliphatic heterocycles. The summed E-state index contributed by atoms with van der Waals surface area (Å²) in [5.41, 5.74) is 9.85. The molecule has 24 heavy (non-hydrogen) atoms. The van der Waals surface area contributed by atoms with Gasteiger partial charge in [0.15, 0.2) is 0 Å². The fourth-order valence-electron chi connectivity index (χ4n) is 2.67. The van der Waals surface area contributed by atoms with Gasteiger partial charge in [0.1, 0.15) is 11.5 Å². The minimum Gasteiger partial charge on any atom is -0.496 e. The van der Waals surface area contributed by atoms with E-state index in [0.717, 1.165) is 16.7 Å². The van der Waals surface area contributed by atoms with E-state index in [1.165, 1.54) is 0 Å². The van der Waals surface area contributed by atoms with Crippen LogP contribution in [0.3, 0.4) is 0 Å². The smallest absolute Gasteiger partial charge is 0.254 e. The van der Waals surface area contributed by atoms with Gasteiger partial charge >= 0.3 is 0 Å². The molecule has 0 bridgehead atoms. The van der Waals surface area contributed by atoms with E-state index in [2.05, 4.69) is 0 Å². The molecule has 0 radical (unpaired) electrons. The molecular weight excluding hydrogens is 304 g/mol. The Morgan fingerprint density at radius 3 is 2.21 bits per heavy atom. The summed E-state index contributed by atoms with van der Waals surface area (Å²) in [7, 11) is 4.97. The van der Waals surface area contributed by atoms with Crippen LogP contribution in [0.1, 0.15) is 27.0 Å². The van der Waals surface area contributed by atoms with Crippen molar-refractivity contribution in [1.82, 2.24) is 4.90 Å². The molecule has 0 heterocycles. The van der Waals surface area contributed by atoms with E-state index >= 15 is 0 Å². The molecule has 0 saturated heterocycles. The Morgan fingerprint density at radius 2 is 1.67 bits per heavy atom. The first-order valence-corrected chi connectivity index (χ1v) is 7.71. The minimum absolute atomic E-state index is 0.0661. The Labute approximate surface area is 143 Å². The van der Waals surface area contributed by atoms with Gasteiger partial charge in [-0.15, -0.1) is 0 Å². The lowest BCUT2D eigenvalue weighted by Crippen LogP contribution is -2.27. The molecule has 0 saturated carbocycles. The number of amides is 1. The van der Waals surface area contributed by atoms with Crippen LogP contribution in [0.4, 0.5) is 5.69 Å². The van der Waals surface area contributed by atoms with E-state index in [9.17, 15) is 4.79 Å². The van der Waals surface area contributed by atoms with Crippen LogP contribution < -0.4 is 15.2 Å². The van der Waals surface area contributed by atoms with Gasteiger partial charge in [-0.1, -0.05) is 6.07 Å². The SMILES string of the molecule is COc1cccc(OC)c1CN(C)C(=O)c1cc(C)c(N)cc1C. The zero-order valence-electron chi connectivity index (χ0n) is 14.8. The van der Waals surface area contributed by atoms with Gasteiger partial charge in [-0.2, -0.15) is 0 Å². The van der Waals surface area contributed by atoms with E-state index in [-0.39, 0.29) is 5.91 Å². The number of benzene rings is 2. The average molecular weight is 328 g/mol. The molecule has 2 N–H and O–H groups in total. The van der Waals surface area contributed by atoms with Gasteiger partial charge in [0.2, 0.25) is 0 Å². The van der Waals surface area contributed by atoms with Crippen LogP contribution in [0.15, 0.2) is 30.3 Å². The molecule has 0 unspecified atom stereocenters. The van der Waals surface area contributed by atoms with Crippen molar-refractivity contribution < 1.29 is 14.3 Å². The van der Waals surface area contributed by atoms with Gasteiger partial charge < -0.3 is 20.1 Å². The number of methoxy groups -OCH3 is 2. The minimum atomic E-state index is -0.0661. The second-order valence-electron chi connectivity index (χ2n) is 5.83. The molecule has 128 valence electrons. The number of hydrogen-bond donors (Lipinski definition) is 1. The first-order chi connectivity index (χ1) is 11.4. The van der Waals surface area contributed by atoms with Crippen LogP contribution in [0.2, 0.25) is 0 Å². The predicted octanol–water partition coefficient (Wildman–Crippen LogP) is 3.18. The summed E-state index contributed by atoms with van der Waals surface area (Å²) in [5, 5.41) is 0. The van der Waals surface area contributed by atoms with E-state index in [0.29, 0.717) is 29.3 Å². The van der Waals surface area contributed by atoms with Crippen molar-refractivity contribution in [2.75, 3.05) is 27.0 Å². The number of ether oxygens (including phenoxy) is 2. The lowest BCUT2D eigenvalue weighted by Gasteiger charge is -2.22. The first kappa shape index (κ1) is 17.7. The Morgan fingerprint density at radius 1 is 1.08 bits per heavy atom. The molecule has 2 aromatic rings. The van der Waals surface area contributed by atoms with Crippen LogP contribution >= 0.6 is 0 Å². The third-order valence-corrected chi connectivity index (χ3v) is 4.12. The van der Waals surface area contributed by atoms with Gasteiger partial charge in [0.05, 0.1) is 26.3 Å². The summed E-state index contributed by atoms with van der Waals surface area (Å²) in [6, 6.07) is 9.24. The van der Waals surface area contributed by atoms with Gasteiger partial charge in [-0.3, -0.25) is 4.79 Å². The molecule has 0 aliphatic carbocycles. The van der Waals surface area contributed by atoms with Crippen molar-refractivity contribution in [3.8, 4) is 11.5 Å². The Kier molecular flexibility index (Phi) is 5.34. The van der Waals surface area contributed by atoms with E-state index in [1.807, 2.05) is 44.2 Å². The number of nitrogen functional groups attached to an aromatic ring is 1. The number of rotatable bonds is 5. The van der Waals surface area contributed by atoms with Crippen LogP contribution in [-0.2, 0) is 6.54 Å². The first-order valence-electron chi connectivity index (χ1n) is 7.71. The maximum absolute atomic E-state index is 12.8. The molecule has 0 aromatic heterocycles. The quantitative estimate of drug-likeness (QED) is 0.856. The highest BCUT2D eigenvalue weighted by atomic mass is 16.5. The van der Waals surface area contributed by atoms with Gasteiger partial charge in [-0.25, -0.2) is 0 Å². The van der Waals surface area contributed by atoms with Crippen molar-refractivity contribution in [3.05, 3.63) is 52.6 Å². The second kappa shape index (κ2) is 7.25.